The van der Waals surface area contributed by atoms with E-state index in [4.69, 9.17) is 4.74 Å². The first-order chi connectivity index (χ1) is 15.2. The fourth-order valence-corrected chi connectivity index (χ4v) is 11.2. The summed E-state index contributed by atoms with van der Waals surface area (Å²) >= 11 is 0. The van der Waals surface area contributed by atoms with Crippen LogP contribution in [-0.4, -0.2) is 40.3 Å². The van der Waals surface area contributed by atoms with Gasteiger partial charge in [-0.05, 0) is 91.9 Å². The Labute approximate surface area is 193 Å². The van der Waals surface area contributed by atoms with Gasteiger partial charge in [0.1, 0.15) is 0 Å². The van der Waals surface area contributed by atoms with Crippen molar-refractivity contribution >= 4 is 5.78 Å². The molecule has 0 bridgehead atoms. The van der Waals surface area contributed by atoms with Gasteiger partial charge >= 0.3 is 0 Å². The van der Waals surface area contributed by atoms with E-state index in [1.54, 1.807) is 5.06 Å². The topological polar surface area (TPSA) is 49.8 Å². The van der Waals surface area contributed by atoms with Gasteiger partial charge in [-0.3, -0.25) is 4.79 Å². The summed E-state index contributed by atoms with van der Waals surface area (Å²) in [4.78, 5) is 12.2. The summed E-state index contributed by atoms with van der Waals surface area (Å²) in [6.45, 7) is 10.5. The SMILES string of the molecule is C[C@H]1C[C@H]2O[C@]3(CC[C@H]4[C@@H]5CCC6=CC(=O)CC[C@]6(C)[C@H]5CC45CC53C)[C@H](C)C2N(O)C1. The molecule has 4 nitrogen and oxygen atoms in total. The van der Waals surface area contributed by atoms with Gasteiger partial charge in [-0.1, -0.05) is 33.3 Å². The first kappa shape index (κ1) is 20.6. The number of rotatable bonds is 0. The molecule has 4 heteroatoms. The van der Waals surface area contributed by atoms with Crippen LogP contribution in [0.15, 0.2) is 11.6 Å². The highest BCUT2D eigenvalue weighted by Gasteiger charge is 2.84. The van der Waals surface area contributed by atoms with Crippen LogP contribution in [0.2, 0.25) is 0 Å². The lowest BCUT2D eigenvalue weighted by Crippen LogP contribution is -2.53. The molecule has 0 aromatic heterocycles. The van der Waals surface area contributed by atoms with Crippen molar-refractivity contribution in [3.8, 4) is 0 Å². The van der Waals surface area contributed by atoms with E-state index in [0.717, 1.165) is 50.0 Å². The van der Waals surface area contributed by atoms with Crippen LogP contribution in [-0.2, 0) is 9.53 Å². The van der Waals surface area contributed by atoms with Crippen LogP contribution in [0.4, 0.5) is 0 Å². The molecule has 0 radical (unpaired) electrons. The third-order valence-corrected chi connectivity index (χ3v) is 12.7. The van der Waals surface area contributed by atoms with Crippen LogP contribution >= 0.6 is 0 Å². The predicted octanol–water partition coefficient (Wildman–Crippen LogP) is 5.39. The summed E-state index contributed by atoms with van der Waals surface area (Å²) in [6, 6.07) is 0.164. The largest absolute Gasteiger partial charge is 0.369 e. The zero-order valence-electron chi connectivity index (χ0n) is 20.4. The highest BCUT2D eigenvalue weighted by molar-refractivity contribution is 5.91. The third kappa shape index (κ3) is 2.16. The second-order valence-corrected chi connectivity index (χ2v) is 13.7. The molecule has 32 heavy (non-hydrogen) atoms. The second-order valence-electron chi connectivity index (χ2n) is 13.7. The average Bonchev–Trinajstić information content (AvgIpc) is 3.06. The minimum Gasteiger partial charge on any atom is -0.369 e. The molecule has 0 aromatic carbocycles. The minimum absolute atomic E-state index is 0.0700. The Hall–Kier alpha value is -0.710. The smallest absolute Gasteiger partial charge is 0.155 e. The van der Waals surface area contributed by atoms with Crippen LogP contribution in [0.3, 0.4) is 0 Å². The molecule has 4 saturated carbocycles. The molecule has 7 rings (SSSR count). The van der Waals surface area contributed by atoms with Crippen molar-refractivity contribution in [2.24, 2.45) is 45.8 Å². The van der Waals surface area contributed by atoms with Gasteiger partial charge in [0, 0.05) is 24.3 Å². The van der Waals surface area contributed by atoms with E-state index in [2.05, 4.69) is 27.7 Å². The van der Waals surface area contributed by atoms with Crippen LogP contribution < -0.4 is 0 Å². The number of ether oxygens (including phenoxy) is 1. The first-order valence-corrected chi connectivity index (χ1v) is 13.5. The van der Waals surface area contributed by atoms with Gasteiger partial charge in [-0.25, -0.2) is 0 Å². The second kappa shape index (κ2) is 6.10. The molecular weight excluding hydrogens is 398 g/mol. The van der Waals surface area contributed by atoms with Crippen molar-refractivity contribution in [2.75, 3.05) is 6.54 Å². The highest BCUT2D eigenvalue weighted by Crippen LogP contribution is 2.87. The third-order valence-electron chi connectivity index (χ3n) is 12.7. The highest BCUT2D eigenvalue weighted by atomic mass is 16.5. The van der Waals surface area contributed by atoms with Crippen molar-refractivity contribution in [2.45, 2.75) is 103 Å². The van der Waals surface area contributed by atoms with Gasteiger partial charge in [0.25, 0.3) is 0 Å². The van der Waals surface area contributed by atoms with E-state index < -0.39 is 0 Å². The van der Waals surface area contributed by atoms with Gasteiger partial charge in [-0.2, -0.15) is 5.06 Å². The van der Waals surface area contributed by atoms with Gasteiger partial charge in [-0.15, -0.1) is 0 Å². The molecule has 5 aliphatic carbocycles. The average molecular weight is 440 g/mol. The van der Waals surface area contributed by atoms with Crippen LogP contribution in [0.25, 0.3) is 0 Å². The lowest BCUT2D eigenvalue weighted by Gasteiger charge is -2.50. The van der Waals surface area contributed by atoms with E-state index in [-0.39, 0.29) is 28.6 Å². The maximum Gasteiger partial charge on any atom is 0.155 e. The summed E-state index contributed by atoms with van der Waals surface area (Å²) < 4.78 is 7.15. The molecule has 176 valence electrons. The Bertz CT molecular complexity index is 914. The van der Waals surface area contributed by atoms with Gasteiger partial charge < -0.3 is 9.94 Å². The van der Waals surface area contributed by atoms with Crippen molar-refractivity contribution in [3.05, 3.63) is 11.6 Å². The molecule has 7 aliphatic rings. The van der Waals surface area contributed by atoms with Crippen LogP contribution in [0.1, 0.15) is 85.5 Å². The number of hydrogen-bond donors (Lipinski definition) is 1. The zero-order valence-corrected chi connectivity index (χ0v) is 20.4. The number of piperidine rings is 1. The van der Waals surface area contributed by atoms with Crippen molar-refractivity contribution < 1.29 is 14.7 Å². The fourth-order valence-electron chi connectivity index (χ4n) is 11.2. The van der Waals surface area contributed by atoms with E-state index in [0.29, 0.717) is 23.0 Å². The summed E-state index contributed by atoms with van der Waals surface area (Å²) in [5, 5.41) is 12.5. The quantitative estimate of drug-likeness (QED) is 0.550. The maximum absolute atomic E-state index is 12.2. The van der Waals surface area contributed by atoms with Gasteiger partial charge in [0.15, 0.2) is 5.78 Å². The van der Waals surface area contributed by atoms with E-state index >= 15 is 0 Å². The number of hydrogen-bond acceptors (Lipinski definition) is 4. The number of nitrogens with zero attached hydrogens (tertiary/aromatic N) is 1. The van der Waals surface area contributed by atoms with Crippen molar-refractivity contribution in [1.82, 2.24) is 5.06 Å². The number of hydroxylamine groups is 2. The molecule has 0 amide bonds. The Kier molecular flexibility index (Phi) is 3.93. The van der Waals surface area contributed by atoms with Crippen molar-refractivity contribution in [3.63, 3.8) is 0 Å². The molecule has 6 fully saturated rings. The Morgan fingerprint density at radius 2 is 1.94 bits per heavy atom. The number of allylic oxidation sites excluding steroid dienone is 2. The number of fused-ring (bicyclic) bond motifs is 6. The molecule has 2 heterocycles. The number of ketones is 1. The van der Waals surface area contributed by atoms with E-state index in [1.165, 1.54) is 37.7 Å². The molecular formula is C28H41NO3. The fraction of sp³-hybridized carbons (Fsp3) is 0.893. The minimum atomic E-state index is -0.0700. The maximum atomic E-state index is 12.2. The van der Waals surface area contributed by atoms with Gasteiger partial charge in [0.05, 0.1) is 17.7 Å². The normalized spacial score (nSPS) is 60.8. The predicted molar refractivity (Wildman–Crippen MR) is 122 cm³/mol. The first-order valence-electron chi connectivity index (χ1n) is 13.5. The standard InChI is InChI=1S/C28H41NO3/c1-16-11-23-24(29(31)14-16)17(2)28(32-23)10-8-21-20-6-5-18-12-19(30)7-9-25(18,3)22(20)13-27(21)15-26(27,28)4/h12,16-17,20-24,31H,5-11,13-15H2,1-4H3/t16-,17+,20-,21-,22-,23+,24?,25-,26?,27?,28+/m0/s1. The van der Waals surface area contributed by atoms with E-state index in [9.17, 15) is 10.0 Å². The zero-order chi connectivity index (χ0) is 22.3. The molecule has 2 spiro atoms. The molecule has 1 N–H and O–H groups in total. The molecule has 3 unspecified atom stereocenters. The summed E-state index contributed by atoms with van der Waals surface area (Å²) in [6.07, 6.45) is 12.7. The lowest BCUT2D eigenvalue weighted by molar-refractivity contribution is -0.182. The Balaban J connectivity index is 1.24. The van der Waals surface area contributed by atoms with Crippen LogP contribution in [0.5, 0.6) is 0 Å². The number of carbonyl (C=O) groups is 1. The molecule has 2 aliphatic heterocycles. The number of carbonyl (C=O) groups excluding carboxylic acids is 1. The molecule has 2 saturated heterocycles. The monoisotopic (exact) mass is 439 g/mol. The Morgan fingerprint density at radius 3 is 2.75 bits per heavy atom. The molecule has 0 aromatic rings. The molecule has 11 atom stereocenters. The van der Waals surface area contributed by atoms with Crippen molar-refractivity contribution in [1.29, 1.82) is 0 Å². The van der Waals surface area contributed by atoms with Gasteiger partial charge in [0.2, 0.25) is 0 Å². The van der Waals surface area contributed by atoms with Crippen LogP contribution in [0, 0.1) is 45.8 Å². The lowest BCUT2D eigenvalue weighted by atomic mass is 9.56. The van der Waals surface area contributed by atoms with E-state index in [1.807, 2.05) is 6.08 Å². The summed E-state index contributed by atoms with van der Waals surface area (Å²) in [5.41, 5.74) is 2.32. The summed E-state index contributed by atoms with van der Waals surface area (Å²) in [5.74, 6) is 3.65. The Morgan fingerprint density at radius 1 is 1.12 bits per heavy atom. The summed E-state index contributed by atoms with van der Waals surface area (Å²) in [7, 11) is 0.